The van der Waals surface area contributed by atoms with Crippen molar-refractivity contribution in [2.24, 2.45) is 11.7 Å². The molecular formula is C18H25N5O4. The van der Waals surface area contributed by atoms with Crippen molar-refractivity contribution in [2.75, 3.05) is 6.54 Å². The van der Waals surface area contributed by atoms with Gasteiger partial charge in [0, 0.05) is 24.1 Å². The minimum atomic E-state index is -0.480. The minimum Gasteiger partial charge on any atom is -0.344 e. The fourth-order valence-corrected chi connectivity index (χ4v) is 2.60. The zero-order valence-corrected chi connectivity index (χ0v) is 15.6. The van der Waals surface area contributed by atoms with Crippen LogP contribution in [0.3, 0.4) is 0 Å². The van der Waals surface area contributed by atoms with E-state index < -0.39 is 11.0 Å². The number of nitrogens with one attached hydrogen (secondary N) is 1. The summed E-state index contributed by atoms with van der Waals surface area (Å²) in [5.74, 6) is 0.482. The third kappa shape index (κ3) is 5.85. The average molecular weight is 375 g/mol. The molecule has 2 rings (SSSR count). The fraction of sp³-hybridized carbons (Fsp3) is 0.500. The van der Waals surface area contributed by atoms with E-state index in [4.69, 9.17) is 10.3 Å². The Kier molecular flexibility index (Phi) is 7.42. The molecule has 9 nitrogen and oxygen atoms in total. The third-order valence-corrected chi connectivity index (χ3v) is 4.11. The van der Waals surface area contributed by atoms with Gasteiger partial charge in [-0.2, -0.15) is 4.98 Å². The maximum absolute atomic E-state index is 12.2. The molecule has 0 saturated carbocycles. The zero-order chi connectivity index (χ0) is 19.8. The van der Waals surface area contributed by atoms with Gasteiger partial charge in [-0.1, -0.05) is 37.6 Å². The molecule has 3 N–H and O–H groups in total. The van der Waals surface area contributed by atoms with E-state index in [-0.39, 0.29) is 29.2 Å². The number of carbonyl (C=O) groups excluding carboxylic acids is 1. The number of benzene rings is 1. The SMILES string of the molecule is CC(C)C(NC(=O)CCCCCN)c1nc(-c2cccc([N+](=O)[O-])c2)no1. The Morgan fingerprint density at radius 3 is 2.78 bits per heavy atom. The summed E-state index contributed by atoms with van der Waals surface area (Å²) in [6, 6.07) is 5.59. The molecule has 1 aromatic heterocycles. The number of carbonyl (C=O) groups is 1. The molecule has 27 heavy (non-hydrogen) atoms. The van der Waals surface area contributed by atoms with Crippen molar-refractivity contribution in [1.29, 1.82) is 0 Å². The molecular weight excluding hydrogens is 350 g/mol. The number of aromatic nitrogens is 2. The highest BCUT2D eigenvalue weighted by molar-refractivity contribution is 5.76. The largest absolute Gasteiger partial charge is 0.344 e. The lowest BCUT2D eigenvalue weighted by molar-refractivity contribution is -0.384. The van der Waals surface area contributed by atoms with Gasteiger partial charge >= 0.3 is 0 Å². The number of nitrogens with two attached hydrogens (primary N) is 1. The normalized spacial score (nSPS) is 12.1. The number of unbranched alkanes of at least 4 members (excludes halogenated alkanes) is 2. The molecule has 0 saturated heterocycles. The first-order valence-corrected chi connectivity index (χ1v) is 9.00. The van der Waals surface area contributed by atoms with E-state index in [1.54, 1.807) is 12.1 Å². The van der Waals surface area contributed by atoms with Crippen LogP contribution in [0.4, 0.5) is 5.69 Å². The van der Waals surface area contributed by atoms with Crippen molar-refractivity contribution in [2.45, 2.75) is 45.6 Å². The number of non-ortho nitro benzene ring substituents is 1. The molecule has 2 aromatic rings. The molecule has 0 radical (unpaired) electrons. The molecule has 0 fully saturated rings. The lowest BCUT2D eigenvalue weighted by Gasteiger charge is -2.18. The summed E-state index contributed by atoms with van der Waals surface area (Å²) in [5.41, 5.74) is 5.88. The Morgan fingerprint density at radius 1 is 1.33 bits per heavy atom. The second-order valence-corrected chi connectivity index (χ2v) is 6.65. The second kappa shape index (κ2) is 9.77. The molecule has 9 heteroatoms. The van der Waals surface area contributed by atoms with Crippen LogP contribution in [-0.2, 0) is 4.79 Å². The molecule has 1 unspecified atom stereocenters. The quantitative estimate of drug-likeness (QED) is 0.370. The minimum absolute atomic E-state index is 0.0383. The Labute approximate surface area is 157 Å². The van der Waals surface area contributed by atoms with Crippen LogP contribution < -0.4 is 11.1 Å². The van der Waals surface area contributed by atoms with Gasteiger partial charge in [-0.3, -0.25) is 14.9 Å². The predicted octanol–water partition coefficient (Wildman–Crippen LogP) is 2.98. The van der Waals surface area contributed by atoms with Gasteiger partial charge in [0.1, 0.15) is 6.04 Å². The van der Waals surface area contributed by atoms with Crippen molar-refractivity contribution < 1.29 is 14.2 Å². The van der Waals surface area contributed by atoms with Gasteiger partial charge in [0.2, 0.25) is 17.6 Å². The molecule has 0 aliphatic carbocycles. The van der Waals surface area contributed by atoms with Crippen LogP contribution in [0, 0.1) is 16.0 Å². The van der Waals surface area contributed by atoms with Crippen LogP contribution >= 0.6 is 0 Å². The monoisotopic (exact) mass is 375 g/mol. The number of nitro benzene ring substituents is 1. The van der Waals surface area contributed by atoms with E-state index in [0.717, 1.165) is 19.3 Å². The molecule has 0 aliphatic rings. The van der Waals surface area contributed by atoms with E-state index in [1.807, 2.05) is 13.8 Å². The van der Waals surface area contributed by atoms with Crippen molar-refractivity contribution in [1.82, 2.24) is 15.5 Å². The van der Waals surface area contributed by atoms with Gasteiger partial charge in [-0.25, -0.2) is 0 Å². The molecule has 0 spiro atoms. The number of nitro groups is 1. The summed E-state index contributed by atoms with van der Waals surface area (Å²) < 4.78 is 5.32. The molecule has 1 atom stereocenters. The van der Waals surface area contributed by atoms with E-state index in [2.05, 4.69) is 15.5 Å². The van der Waals surface area contributed by atoms with Gasteiger partial charge in [0.15, 0.2) is 0 Å². The second-order valence-electron chi connectivity index (χ2n) is 6.65. The van der Waals surface area contributed by atoms with Crippen LogP contribution in [0.5, 0.6) is 0 Å². The highest BCUT2D eigenvalue weighted by Gasteiger charge is 2.25. The van der Waals surface area contributed by atoms with Crippen molar-refractivity contribution >= 4 is 11.6 Å². The molecule has 1 heterocycles. The van der Waals surface area contributed by atoms with Crippen LogP contribution in [0.15, 0.2) is 28.8 Å². The van der Waals surface area contributed by atoms with Crippen molar-refractivity contribution in [3.05, 3.63) is 40.3 Å². The number of hydrogen-bond acceptors (Lipinski definition) is 7. The average Bonchev–Trinajstić information content (AvgIpc) is 3.13. The van der Waals surface area contributed by atoms with Crippen LogP contribution in [0.1, 0.15) is 51.5 Å². The number of amides is 1. The zero-order valence-electron chi connectivity index (χ0n) is 15.6. The Hall–Kier alpha value is -2.81. The van der Waals surface area contributed by atoms with Gasteiger partial charge in [0.25, 0.3) is 5.69 Å². The third-order valence-electron chi connectivity index (χ3n) is 4.11. The smallest absolute Gasteiger partial charge is 0.270 e. The molecule has 1 aromatic carbocycles. The number of nitrogens with zero attached hydrogens (tertiary/aromatic N) is 3. The van der Waals surface area contributed by atoms with Gasteiger partial charge < -0.3 is 15.6 Å². The lowest BCUT2D eigenvalue weighted by Crippen LogP contribution is -2.31. The fourth-order valence-electron chi connectivity index (χ4n) is 2.60. The highest BCUT2D eigenvalue weighted by Crippen LogP contribution is 2.25. The van der Waals surface area contributed by atoms with Crippen LogP contribution in [0.2, 0.25) is 0 Å². The highest BCUT2D eigenvalue weighted by atomic mass is 16.6. The van der Waals surface area contributed by atoms with Crippen LogP contribution in [-0.4, -0.2) is 27.5 Å². The number of hydrogen-bond donors (Lipinski definition) is 2. The first-order valence-electron chi connectivity index (χ1n) is 9.00. The Balaban J connectivity index is 2.09. The topological polar surface area (TPSA) is 137 Å². The summed E-state index contributed by atoms with van der Waals surface area (Å²) in [7, 11) is 0. The Bertz CT molecular complexity index is 775. The van der Waals surface area contributed by atoms with E-state index in [9.17, 15) is 14.9 Å². The molecule has 146 valence electrons. The summed E-state index contributed by atoms with van der Waals surface area (Å²) in [6.45, 7) is 4.51. The predicted molar refractivity (Wildman–Crippen MR) is 99.6 cm³/mol. The molecule has 0 aliphatic heterocycles. The maximum atomic E-state index is 12.2. The Morgan fingerprint density at radius 2 is 2.11 bits per heavy atom. The van der Waals surface area contributed by atoms with Gasteiger partial charge in [-0.15, -0.1) is 0 Å². The standard InChI is InChI=1S/C18H25N5O4/c1-12(2)16(20-15(24)9-4-3-5-10-19)18-21-17(22-27-18)13-7-6-8-14(11-13)23(25)26/h6-8,11-12,16H,3-5,9-10,19H2,1-2H3,(H,20,24). The van der Waals surface area contributed by atoms with E-state index in [0.29, 0.717) is 18.5 Å². The summed E-state index contributed by atoms with van der Waals surface area (Å²) in [5, 5.41) is 17.8. The van der Waals surface area contributed by atoms with E-state index >= 15 is 0 Å². The molecule has 0 bridgehead atoms. The van der Waals surface area contributed by atoms with Crippen molar-refractivity contribution in [3.63, 3.8) is 0 Å². The van der Waals surface area contributed by atoms with Gasteiger partial charge in [0.05, 0.1) is 4.92 Å². The summed E-state index contributed by atoms with van der Waals surface area (Å²) >= 11 is 0. The first-order chi connectivity index (χ1) is 12.9. The first kappa shape index (κ1) is 20.5. The van der Waals surface area contributed by atoms with Crippen LogP contribution in [0.25, 0.3) is 11.4 Å². The van der Waals surface area contributed by atoms with Gasteiger partial charge in [-0.05, 0) is 25.3 Å². The number of rotatable bonds is 10. The van der Waals surface area contributed by atoms with Crippen molar-refractivity contribution in [3.8, 4) is 11.4 Å². The van der Waals surface area contributed by atoms with E-state index in [1.165, 1.54) is 12.1 Å². The molecule has 1 amide bonds. The summed E-state index contributed by atoms with van der Waals surface area (Å²) in [6.07, 6.45) is 3.00. The lowest BCUT2D eigenvalue weighted by atomic mass is 10.0. The maximum Gasteiger partial charge on any atom is 0.270 e. The summed E-state index contributed by atoms with van der Waals surface area (Å²) in [4.78, 5) is 27.0.